The van der Waals surface area contributed by atoms with Gasteiger partial charge in [-0.25, -0.2) is 4.79 Å². The smallest absolute Gasteiger partial charge is 0.317 e. The number of carbonyl (C=O) groups excluding carboxylic acids is 2. The van der Waals surface area contributed by atoms with Crippen LogP contribution in [0.25, 0.3) is 0 Å². The van der Waals surface area contributed by atoms with Gasteiger partial charge in [0.2, 0.25) is 5.91 Å². The molecule has 1 aromatic rings. The summed E-state index contributed by atoms with van der Waals surface area (Å²) in [6.45, 7) is 1.96. The highest BCUT2D eigenvalue weighted by Crippen LogP contribution is 2.21. The van der Waals surface area contributed by atoms with Crippen LogP contribution >= 0.6 is 11.3 Å². The SMILES string of the molecule is O=C(NCc1cccs1)C1CCN(C(=O)NC2CC2)CC1. The minimum atomic E-state index is 0.0370. The maximum atomic E-state index is 12.1. The number of rotatable bonds is 4. The van der Waals surface area contributed by atoms with Gasteiger partial charge in [0.05, 0.1) is 6.54 Å². The van der Waals surface area contributed by atoms with Gasteiger partial charge in [-0.05, 0) is 37.1 Å². The fraction of sp³-hybridized carbons (Fsp3) is 0.600. The molecule has 0 unspecified atom stereocenters. The van der Waals surface area contributed by atoms with Crippen molar-refractivity contribution in [3.05, 3.63) is 22.4 Å². The van der Waals surface area contributed by atoms with E-state index >= 15 is 0 Å². The number of nitrogens with one attached hydrogen (secondary N) is 2. The monoisotopic (exact) mass is 307 g/mol. The lowest BCUT2D eigenvalue weighted by atomic mass is 9.96. The Kier molecular flexibility index (Phi) is 4.43. The number of hydrogen-bond donors (Lipinski definition) is 2. The summed E-state index contributed by atoms with van der Waals surface area (Å²) in [6.07, 6.45) is 3.73. The van der Waals surface area contributed by atoms with Crippen LogP contribution in [-0.4, -0.2) is 36.0 Å². The molecule has 114 valence electrons. The third kappa shape index (κ3) is 3.97. The van der Waals surface area contributed by atoms with Crippen LogP contribution in [0.1, 0.15) is 30.6 Å². The standard InChI is InChI=1S/C15H21N3O2S/c19-14(16-10-13-2-1-9-21-13)11-5-7-18(8-6-11)15(20)17-12-3-4-12/h1-2,9,11-12H,3-8,10H2,(H,16,19)(H,17,20). The normalized spacial score (nSPS) is 19.3. The predicted molar refractivity (Wildman–Crippen MR) is 82.0 cm³/mol. The Bertz CT molecular complexity index is 491. The van der Waals surface area contributed by atoms with Gasteiger partial charge in [0.25, 0.3) is 0 Å². The average Bonchev–Trinajstić information content (AvgIpc) is 3.16. The van der Waals surface area contributed by atoms with Gasteiger partial charge in [0, 0.05) is 29.9 Å². The van der Waals surface area contributed by atoms with Crippen molar-refractivity contribution in [2.45, 2.75) is 38.3 Å². The molecular formula is C15H21N3O2S. The molecule has 2 N–H and O–H groups in total. The molecular weight excluding hydrogens is 286 g/mol. The third-order valence-corrected chi connectivity index (χ3v) is 4.95. The molecule has 1 saturated heterocycles. The first kappa shape index (κ1) is 14.4. The van der Waals surface area contributed by atoms with Crippen molar-refractivity contribution in [1.29, 1.82) is 0 Å². The Balaban J connectivity index is 1.39. The van der Waals surface area contributed by atoms with Crippen LogP contribution in [0.15, 0.2) is 17.5 Å². The zero-order valence-corrected chi connectivity index (χ0v) is 12.8. The Morgan fingerprint density at radius 1 is 1.24 bits per heavy atom. The van der Waals surface area contributed by atoms with Gasteiger partial charge in [-0.15, -0.1) is 11.3 Å². The Morgan fingerprint density at radius 2 is 2.00 bits per heavy atom. The van der Waals surface area contributed by atoms with Crippen molar-refractivity contribution in [2.24, 2.45) is 5.92 Å². The van der Waals surface area contributed by atoms with Crippen LogP contribution in [0, 0.1) is 5.92 Å². The summed E-state index contributed by atoms with van der Waals surface area (Å²) in [5, 5.41) is 8.00. The number of amides is 3. The Morgan fingerprint density at radius 3 is 2.62 bits per heavy atom. The lowest BCUT2D eigenvalue weighted by Gasteiger charge is -2.31. The molecule has 1 aliphatic carbocycles. The minimum absolute atomic E-state index is 0.0370. The third-order valence-electron chi connectivity index (χ3n) is 4.07. The van der Waals surface area contributed by atoms with E-state index in [1.807, 2.05) is 22.4 Å². The first-order valence-corrected chi connectivity index (χ1v) is 8.46. The summed E-state index contributed by atoms with van der Waals surface area (Å²) in [6, 6.07) is 4.44. The summed E-state index contributed by atoms with van der Waals surface area (Å²) >= 11 is 1.65. The summed E-state index contributed by atoms with van der Waals surface area (Å²) in [5.74, 6) is 0.153. The van der Waals surface area contributed by atoms with E-state index in [2.05, 4.69) is 10.6 Å². The fourth-order valence-electron chi connectivity index (χ4n) is 2.57. The molecule has 1 saturated carbocycles. The molecule has 0 spiro atoms. The predicted octanol–water partition coefficient (Wildman–Crippen LogP) is 1.95. The van der Waals surface area contributed by atoms with Crippen molar-refractivity contribution in [3.63, 3.8) is 0 Å². The zero-order chi connectivity index (χ0) is 14.7. The average molecular weight is 307 g/mol. The molecule has 21 heavy (non-hydrogen) atoms. The molecule has 1 aromatic heterocycles. The van der Waals surface area contributed by atoms with E-state index in [-0.39, 0.29) is 17.9 Å². The van der Waals surface area contributed by atoms with Gasteiger partial charge in [-0.1, -0.05) is 6.07 Å². The number of urea groups is 1. The van der Waals surface area contributed by atoms with Crippen LogP contribution < -0.4 is 10.6 Å². The first-order valence-electron chi connectivity index (χ1n) is 7.58. The van der Waals surface area contributed by atoms with E-state index in [0.29, 0.717) is 25.7 Å². The molecule has 1 aliphatic heterocycles. The second-order valence-corrected chi connectivity index (χ2v) is 6.81. The van der Waals surface area contributed by atoms with Gasteiger partial charge < -0.3 is 15.5 Å². The summed E-state index contributed by atoms with van der Waals surface area (Å²) in [7, 11) is 0. The molecule has 0 radical (unpaired) electrons. The summed E-state index contributed by atoms with van der Waals surface area (Å²) in [5.41, 5.74) is 0. The second kappa shape index (κ2) is 6.47. The molecule has 0 atom stereocenters. The van der Waals surface area contributed by atoms with Crippen molar-refractivity contribution in [1.82, 2.24) is 15.5 Å². The highest BCUT2D eigenvalue weighted by Gasteiger charge is 2.30. The molecule has 2 aliphatic rings. The maximum Gasteiger partial charge on any atom is 0.317 e. The highest BCUT2D eigenvalue weighted by atomic mass is 32.1. The molecule has 0 aromatic carbocycles. The van der Waals surface area contributed by atoms with Gasteiger partial charge in [-0.2, -0.15) is 0 Å². The topological polar surface area (TPSA) is 61.4 Å². The largest absolute Gasteiger partial charge is 0.351 e. The zero-order valence-electron chi connectivity index (χ0n) is 12.0. The number of piperidine rings is 1. The lowest BCUT2D eigenvalue weighted by Crippen LogP contribution is -2.47. The molecule has 2 fully saturated rings. The molecule has 2 heterocycles. The number of carbonyl (C=O) groups is 2. The van der Waals surface area contributed by atoms with Crippen LogP contribution in [0.5, 0.6) is 0 Å². The molecule has 6 heteroatoms. The highest BCUT2D eigenvalue weighted by molar-refractivity contribution is 7.09. The van der Waals surface area contributed by atoms with E-state index in [9.17, 15) is 9.59 Å². The number of nitrogens with zero attached hydrogens (tertiary/aromatic N) is 1. The summed E-state index contributed by atoms with van der Waals surface area (Å²) < 4.78 is 0. The van der Waals surface area contributed by atoms with Crippen LogP contribution in [0.3, 0.4) is 0 Å². The first-order chi connectivity index (χ1) is 10.2. The molecule has 0 bridgehead atoms. The summed E-state index contributed by atoms with van der Waals surface area (Å²) in [4.78, 5) is 27.1. The van der Waals surface area contributed by atoms with Crippen molar-refractivity contribution < 1.29 is 9.59 Å². The minimum Gasteiger partial charge on any atom is -0.351 e. The van der Waals surface area contributed by atoms with E-state index in [4.69, 9.17) is 0 Å². The quantitative estimate of drug-likeness (QED) is 0.893. The number of thiophene rings is 1. The van der Waals surface area contributed by atoms with Crippen LogP contribution in [0.4, 0.5) is 4.79 Å². The van der Waals surface area contributed by atoms with E-state index < -0.39 is 0 Å². The number of hydrogen-bond acceptors (Lipinski definition) is 3. The molecule has 5 nitrogen and oxygen atoms in total. The van der Waals surface area contributed by atoms with Crippen LogP contribution in [0.2, 0.25) is 0 Å². The van der Waals surface area contributed by atoms with Crippen molar-refractivity contribution >= 4 is 23.3 Å². The van der Waals surface area contributed by atoms with Gasteiger partial charge in [-0.3, -0.25) is 4.79 Å². The van der Waals surface area contributed by atoms with E-state index in [1.54, 1.807) is 11.3 Å². The van der Waals surface area contributed by atoms with Gasteiger partial charge in [0.1, 0.15) is 0 Å². The van der Waals surface area contributed by atoms with Crippen molar-refractivity contribution in [3.8, 4) is 0 Å². The lowest BCUT2D eigenvalue weighted by molar-refractivity contribution is -0.126. The van der Waals surface area contributed by atoms with Crippen LogP contribution in [-0.2, 0) is 11.3 Å². The van der Waals surface area contributed by atoms with Crippen molar-refractivity contribution in [2.75, 3.05) is 13.1 Å². The van der Waals surface area contributed by atoms with Gasteiger partial charge >= 0.3 is 6.03 Å². The number of likely N-dealkylation sites (tertiary alicyclic amines) is 1. The molecule has 3 amide bonds. The van der Waals surface area contributed by atoms with E-state index in [0.717, 1.165) is 25.7 Å². The van der Waals surface area contributed by atoms with E-state index in [1.165, 1.54) is 4.88 Å². The fourth-order valence-corrected chi connectivity index (χ4v) is 3.21. The maximum absolute atomic E-state index is 12.1. The van der Waals surface area contributed by atoms with Gasteiger partial charge in [0.15, 0.2) is 0 Å². The second-order valence-electron chi connectivity index (χ2n) is 5.78. The Labute approximate surface area is 128 Å². The molecule has 3 rings (SSSR count). The Hall–Kier alpha value is -1.56.